The molecule has 0 unspecified atom stereocenters. The summed E-state index contributed by atoms with van der Waals surface area (Å²) in [6, 6.07) is 15.9. The van der Waals surface area contributed by atoms with Gasteiger partial charge in [-0.1, -0.05) is 48.6 Å². The highest BCUT2D eigenvalue weighted by molar-refractivity contribution is 7.21. The van der Waals surface area contributed by atoms with E-state index in [4.69, 9.17) is 0 Å². The number of rotatable bonds is 4. The van der Waals surface area contributed by atoms with Crippen molar-refractivity contribution in [1.29, 1.82) is 0 Å². The van der Waals surface area contributed by atoms with E-state index in [1.165, 1.54) is 5.56 Å². The van der Waals surface area contributed by atoms with Crippen molar-refractivity contribution >= 4 is 32.2 Å². The monoisotopic (exact) mass is 310 g/mol. The van der Waals surface area contributed by atoms with Crippen LogP contribution >= 0.6 is 11.3 Å². The Kier molecular flexibility index (Phi) is 4.20. The molecule has 0 aliphatic heterocycles. The first-order chi connectivity index (χ1) is 10.7. The Bertz CT molecular complexity index is 857. The molecule has 0 aliphatic rings. The third-order valence-corrected chi connectivity index (χ3v) is 4.67. The van der Waals surface area contributed by atoms with Crippen molar-refractivity contribution < 1.29 is 0 Å². The van der Waals surface area contributed by atoms with Crippen LogP contribution in [0.15, 0.2) is 53.3 Å². The van der Waals surface area contributed by atoms with Gasteiger partial charge >= 0.3 is 0 Å². The third-order valence-electron chi connectivity index (χ3n) is 3.60. The molecule has 2 aromatic carbocycles. The predicted molar refractivity (Wildman–Crippen MR) is 94.4 cm³/mol. The highest BCUT2D eigenvalue weighted by Gasteiger charge is 2.14. The first kappa shape index (κ1) is 14.7. The molecule has 1 aromatic heterocycles. The quantitative estimate of drug-likeness (QED) is 0.710. The summed E-state index contributed by atoms with van der Waals surface area (Å²) in [7, 11) is 0. The molecule has 4 heteroatoms. The van der Waals surface area contributed by atoms with E-state index in [0.29, 0.717) is 5.39 Å². The van der Waals surface area contributed by atoms with Crippen LogP contribution in [0.2, 0.25) is 0 Å². The summed E-state index contributed by atoms with van der Waals surface area (Å²) in [5, 5.41) is 1.46. The zero-order valence-electron chi connectivity index (χ0n) is 12.7. The van der Waals surface area contributed by atoms with Gasteiger partial charge in [0.15, 0.2) is 5.13 Å². The van der Waals surface area contributed by atoms with E-state index in [0.717, 1.165) is 28.5 Å². The van der Waals surface area contributed by atoms with Gasteiger partial charge in [-0.25, -0.2) is 0 Å². The smallest absolute Gasteiger partial charge is 0.281 e. The van der Waals surface area contributed by atoms with Crippen LogP contribution in [0.1, 0.15) is 18.9 Å². The lowest BCUT2D eigenvalue weighted by Gasteiger charge is -2.24. The fourth-order valence-corrected chi connectivity index (χ4v) is 3.56. The van der Waals surface area contributed by atoms with Crippen LogP contribution in [0.25, 0.3) is 10.1 Å². The molecule has 0 amide bonds. The highest BCUT2D eigenvalue weighted by Crippen LogP contribution is 2.31. The van der Waals surface area contributed by atoms with Crippen LogP contribution in [0.5, 0.6) is 0 Å². The standard InChI is InChI=1S/C18H18N2OS/c1-3-12-20(15-10-6-4-8-13(15)2)18-19-17(21)14-9-5-7-11-16(14)22-18/h4-11H,3,12H2,1-2H3. The number of aryl methyl sites for hydroxylation is 1. The maximum Gasteiger partial charge on any atom is 0.281 e. The Labute approximate surface area is 133 Å². The molecule has 0 bridgehead atoms. The molecule has 0 saturated carbocycles. The number of benzene rings is 2. The minimum Gasteiger partial charge on any atom is -0.317 e. The van der Waals surface area contributed by atoms with Crippen LogP contribution in [0.3, 0.4) is 0 Å². The van der Waals surface area contributed by atoms with Gasteiger partial charge in [0, 0.05) is 16.9 Å². The van der Waals surface area contributed by atoms with Crippen LogP contribution in [0, 0.1) is 6.92 Å². The van der Waals surface area contributed by atoms with Crippen molar-refractivity contribution in [3.63, 3.8) is 0 Å². The largest absolute Gasteiger partial charge is 0.317 e. The predicted octanol–water partition coefficient (Wildman–Crippen LogP) is 4.51. The molecule has 0 spiro atoms. The molecule has 0 fully saturated rings. The summed E-state index contributed by atoms with van der Waals surface area (Å²) >= 11 is 1.57. The number of anilines is 2. The third kappa shape index (κ3) is 2.74. The molecular weight excluding hydrogens is 292 g/mol. The van der Waals surface area contributed by atoms with Gasteiger partial charge in [-0.05, 0) is 37.1 Å². The number of nitrogens with zero attached hydrogens (tertiary/aromatic N) is 2. The lowest BCUT2D eigenvalue weighted by molar-refractivity contribution is 0.875. The second kappa shape index (κ2) is 6.28. The van der Waals surface area contributed by atoms with Crippen molar-refractivity contribution in [2.24, 2.45) is 0 Å². The molecule has 3 aromatic rings. The van der Waals surface area contributed by atoms with Crippen LogP contribution in [-0.2, 0) is 0 Å². The Hall–Kier alpha value is -2.20. The van der Waals surface area contributed by atoms with Crippen molar-refractivity contribution in [3.05, 3.63) is 64.4 Å². The zero-order valence-corrected chi connectivity index (χ0v) is 13.6. The average Bonchev–Trinajstić information content (AvgIpc) is 2.53. The summed E-state index contributed by atoms with van der Waals surface area (Å²) < 4.78 is 0.979. The van der Waals surface area contributed by atoms with Crippen molar-refractivity contribution in [2.75, 3.05) is 11.4 Å². The summed E-state index contributed by atoms with van der Waals surface area (Å²) in [5.74, 6) is 0. The minimum absolute atomic E-state index is 0.154. The Balaban J connectivity index is 2.17. The zero-order chi connectivity index (χ0) is 15.5. The van der Waals surface area contributed by atoms with E-state index in [1.54, 1.807) is 11.3 Å². The summed E-state index contributed by atoms with van der Waals surface area (Å²) in [6.07, 6.45) is 0.990. The molecule has 0 atom stereocenters. The number of hydrogen-bond acceptors (Lipinski definition) is 4. The van der Waals surface area contributed by atoms with E-state index in [9.17, 15) is 4.79 Å². The molecular formula is C18H18N2OS. The summed E-state index contributed by atoms with van der Waals surface area (Å²) in [5.41, 5.74) is 2.15. The van der Waals surface area contributed by atoms with E-state index in [-0.39, 0.29) is 5.56 Å². The molecule has 22 heavy (non-hydrogen) atoms. The van der Waals surface area contributed by atoms with Crippen molar-refractivity contribution in [2.45, 2.75) is 20.3 Å². The van der Waals surface area contributed by atoms with Gasteiger partial charge in [0.1, 0.15) is 0 Å². The minimum atomic E-state index is -0.154. The molecule has 0 saturated heterocycles. The lowest BCUT2D eigenvalue weighted by Crippen LogP contribution is -2.21. The van der Waals surface area contributed by atoms with Crippen LogP contribution < -0.4 is 10.5 Å². The first-order valence-electron chi connectivity index (χ1n) is 7.43. The number of para-hydroxylation sites is 1. The topological polar surface area (TPSA) is 33.2 Å². The highest BCUT2D eigenvalue weighted by atomic mass is 32.1. The molecule has 0 radical (unpaired) electrons. The van der Waals surface area contributed by atoms with Crippen molar-refractivity contribution in [1.82, 2.24) is 4.98 Å². The van der Waals surface area contributed by atoms with E-state index in [1.807, 2.05) is 36.4 Å². The number of fused-ring (bicyclic) bond motifs is 1. The van der Waals surface area contributed by atoms with Gasteiger partial charge in [0.25, 0.3) is 5.56 Å². The van der Waals surface area contributed by atoms with E-state index >= 15 is 0 Å². The summed E-state index contributed by atoms with van der Waals surface area (Å²) in [4.78, 5) is 18.8. The molecule has 0 N–H and O–H groups in total. The Morgan fingerprint density at radius 3 is 2.59 bits per heavy atom. The first-order valence-corrected chi connectivity index (χ1v) is 8.25. The second-order valence-electron chi connectivity index (χ2n) is 5.24. The lowest BCUT2D eigenvalue weighted by atomic mass is 10.2. The second-order valence-corrected chi connectivity index (χ2v) is 6.24. The fourth-order valence-electron chi connectivity index (χ4n) is 2.53. The van der Waals surface area contributed by atoms with Gasteiger partial charge in [0.2, 0.25) is 0 Å². The van der Waals surface area contributed by atoms with Gasteiger partial charge in [0.05, 0.1) is 5.39 Å². The van der Waals surface area contributed by atoms with Crippen LogP contribution in [0.4, 0.5) is 10.8 Å². The normalized spacial score (nSPS) is 10.8. The van der Waals surface area contributed by atoms with Crippen molar-refractivity contribution in [3.8, 4) is 0 Å². The van der Waals surface area contributed by atoms with Gasteiger partial charge in [-0.3, -0.25) is 4.79 Å². The maximum absolute atomic E-state index is 12.3. The van der Waals surface area contributed by atoms with Gasteiger partial charge < -0.3 is 4.90 Å². The Morgan fingerprint density at radius 1 is 1.09 bits per heavy atom. The SMILES string of the molecule is CCCN(c1nc(=O)c2ccccc2s1)c1ccccc1C. The molecule has 3 nitrogen and oxygen atoms in total. The van der Waals surface area contributed by atoms with Gasteiger partial charge in [-0.15, -0.1) is 0 Å². The average molecular weight is 310 g/mol. The molecule has 0 aliphatic carbocycles. The number of aromatic nitrogens is 1. The van der Waals surface area contributed by atoms with E-state index in [2.05, 4.69) is 35.9 Å². The molecule has 112 valence electrons. The maximum atomic E-state index is 12.3. The fraction of sp³-hybridized carbons (Fsp3) is 0.222. The molecule has 3 rings (SSSR count). The van der Waals surface area contributed by atoms with Gasteiger partial charge in [-0.2, -0.15) is 4.98 Å². The van der Waals surface area contributed by atoms with E-state index < -0.39 is 0 Å². The molecule has 1 heterocycles. The van der Waals surface area contributed by atoms with Crippen LogP contribution in [-0.4, -0.2) is 11.5 Å². The summed E-state index contributed by atoms with van der Waals surface area (Å²) in [6.45, 7) is 5.06. The Morgan fingerprint density at radius 2 is 1.82 bits per heavy atom. The number of hydrogen-bond donors (Lipinski definition) is 0.